The van der Waals surface area contributed by atoms with E-state index in [0.29, 0.717) is 38.7 Å². The van der Waals surface area contributed by atoms with Crippen LogP contribution in [0, 0.1) is 12.8 Å². The van der Waals surface area contributed by atoms with Crippen LogP contribution >= 0.6 is 0 Å². The molecule has 0 bridgehead atoms. The molecule has 0 aromatic rings. The third-order valence-corrected chi connectivity index (χ3v) is 5.63. The van der Waals surface area contributed by atoms with Gasteiger partial charge < -0.3 is 18.4 Å². The average Bonchev–Trinajstić information content (AvgIpc) is 2.29. The molecule has 1 unspecified atom stereocenters. The molecule has 0 spiro atoms. The van der Waals surface area contributed by atoms with E-state index in [1.807, 2.05) is 20.8 Å². The Labute approximate surface area is 111 Å². The van der Waals surface area contributed by atoms with Crippen LogP contribution in [0.4, 0.5) is 0 Å². The van der Waals surface area contributed by atoms with Crippen molar-refractivity contribution in [3.63, 3.8) is 0 Å². The highest BCUT2D eigenvalue weighted by Crippen LogP contribution is 2.21. The molecule has 0 saturated carbocycles. The molecule has 6 heteroatoms. The quantitative estimate of drug-likeness (QED) is 0.587. The summed E-state index contributed by atoms with van der Waals surface area (Å²) in [7, 11) is -2.62. The summed E-state index contributed by atoms with van der Waals surface area (Å²) in [6.45, 7) is 10.9. The molecule has 0 fully saturated rings. The number of aliphatic carboxylic acids is 1. The summed E-state index contributed by atoms with van der Waals surface area (Å²) < 4.78 is 17.0. The fourth-order valence-electron chi connectivity index (χ4n) is 1.69. The molecule has 107 valence electrons. The van der Waals surface area contributed by atoms with E-state index in [4.69, 9.17) is 18.4 Å². The van der Waals surface area contributed by atoms with Gasteiger partial charge in [-0.05, 0) is 40.5 Å². The second-order valence-electron chi connectivity index (χ2n) is 3.91. The Balaban J connectivity index is 4.33. The lowest BCUT2D eigenvalue weighted by molar-refractivity contribution is -0.140. The molecule has 0 aromatic heterocycles. The topological polar surface area (TPSA) is 65.0 Å². The molecule has 0 aliphatic heterocycles. The maximum atomic E-state index is 10.7. The maximum absolute atomic E-state index is 10.7. The molecule has 1 N–H and O–H groups in total. The highest BCUT2D eigenvalue weighted by atomic mass is 28.4. The zero-order valence-corrected chi connectivity index (χ0v) is 12.6. The molecule has 0 rings (SSSR count). The first-order valence-electron chi connectivity index (χ1n) is 6.49. The lowest BCUT2D eigenvalue weighted by Crippen LogP contribution is -2.46. The number of carboxylic acid groups (broad SMARTS) is 1. The summed E-state index contributed by atoms with van der Waals surface area (Å²) in [5.74, 6) is -1.45. The van der Waals surface area contributed by atoms with Crippen LogP contribution in [0.1, 0.15) is 33.6 Å². The van der Waals surface area contributed by atoms with E-state index in [1.54, 1.807) is 0 Å². The molecule has 1 radical (unpaired) electrons. The Bertz CT molecular complexity index is 217. The van der Waals surface area contributed by atoms with Crippen LogP contribution in [-0.2, 0) is 18.1 Å². The van der Waals surface area contributed by atoms with E-state index in [-0.39, 0.29) is 0 Å². The molecule has 5 nitrogen and oxygen atoms in total. The lowest BCUT2D eigenvalue weighted by atomic mass is 10.1. The van der Waals surface area contributed by atoms with Crippen molar-refractivity contribution in [2.24, 2.45) is 5.92 Å². The van der Waals surface area contributed by atoms with Gasteiger partial charge in [0.25, 0.3) is 0 Å². The zero-order valence-electron chi connectivity index (χ0n) is 11.6. The Hall–Kier alpha value is -0.433. The minimum Gasteiger partial charge on any atom is -0.481 e. The molecule has 0 aromatic carbocycles. The van der Waals surface area contributed by atoms with Gasteiger partial charge in [-0.25, -0.2) is 0 Å². The van der Waals surface area contributed by atoms with Crippen LogP contribution in [0.25, 0.3) is 0 Å². The van der Waals surface area contributed by atoms with Crippen LogP contribution < -0.4 is 0 Å². The van der Waals surface area contributed by atoms with Crippen molar-refractivity contribution < 1.29 is 23.2 Å². The lowest BCUT2D eigenvalue weighted by Gasteiger charge is -2.28. The standard InChI is InChI=1S/C12H25O5Si/c1-5-15-18(16-6-2,17-7-3)10-8-9-11(4)12(13)14/h11H,4-10H2,1-3H3,(H,13,14). The van der Waals surface area contributed by atoms with E-state index >= 15 is 0 Å². The summed E-state index contributed by atoms with van der Waals surface area (Å²) in [5.41, 5.74) is 0. The fraction of sp³-hybridized carbons (Fsp3) is 0.833. The van der Waals surface area contributed by atoms with Gasteiger partial charge in [-0.1, -0.05) is 0 Å². The maximum Gasteiger partial charge on any atom is 0.500 e. The van der Waals surface area contributed by atoms with Crippen LogP contribution in [0.2, 0.25) is 6.04 Å². The van der Waals surface area contributed by atoms with Crippen LogP contribution in [0.5, 0.6) is 0 Å². The van der Waals surface area contributed by atoms with E-state index < -0.39 is 20.7 Å². The predicted molar refractivity (Wildman–Crippen MR) is 71.2 cm³/mol. The highest BCUT2D eigenvalue weighted by molar-refractivity contribution is 6.60. The summed E-state index contributed by atoms with van der Waals surface area (Å²) in [5, 5.41) is 8.78. The summed E-state index contributed by atoms with van der Waals surface area (Å²) >= 11 is 0. The van der Waals surface area contributed by atoms with Gasteiger partial charge in [0.15, 0.2) is 0 Å². The molecule has 0 heterocycles. The second kappa shape index (κ2) is 9.49. The van der Waals surface area contributed by atoms with Gasteiger partial charge in [0.1, 0.15) is 0 Å². The summed E-state index contributed by atoms with van der Waals surface area (Å²) in [6.07, 6.45) is 1.20. The predicted octanol–water partition coefficient (Wildman–Crippen LogP) is 2.35. The van der Waals surface area contributed by atoms with Gasteiger partial charge in [0.2, 0.25) is 0 Å². The van der Waals surface area contributed by atoms with Gasteiger partial charge in [0.05, 0.1) is 5.92 Å². The molecule has 0 aliphatic carbocycles. The van der Waals surface area contributed by atoms with Crippen molar-refractivity contribution in [1.29, 1.82) is 0 Å². The number of carboxylic acids is 1. The Kier molecular flexibility index (Phi) is 9.26. The zero-order chi connectivity index (χ0) is 14.0. The van der Waals surface area contributed by atoms with Crippen LogP contribution in [0.3, 0.4) is 0 Å². The number of hydrogen-bond acceptors (Lipinski definition) is 4. The van der Waals surface area contributed by atoms with Gasteiger partial charge in [-0.15, -0.1) is 0 Å². The molecule has 18 heavy (non-hydrogen) atoms. The molecule has 0 aliphatic rings. The van der Waals surface area contributed by atoms with Crippen molar-refractivity contribution in [3.05, 3.63) is 6.92 Å². The number of rotatable bonds is 11. The molecule has 0 amide bonds. The van der Waals surface area contributed by atoms with Crippen LogP contribution in [0.15, 0.2) is 0 Å². The Morgan fingerprint density at radius 3 is 1.94 bits per heavy atom. The largest absolute Gasteiger partial charge is 0.500 e. The third kappa shape index (κ3) is 6.49. The fourth-order valence-corrected chi connectivity index (χ4v) is 4.33. The van der Waals surface area contributed by atoms with Crippen molar-refractivity contribution in [2.45, 2.75) is 39.7 Å². The molecule has 1 atom stereocenters. The Morgan fingerprint density at radius 2 is 1.61 bits per heavy atom. The second-order valence-corrected chi connectivity index (χ2v) is 6.64. The SMILES string of the molecule is [CH2]C(CCC[Si](OCC)(OCC)OCC)C(=O)O. The molecular weight excluding hydrogens is 252 g/mol. The normalized spacial score (nSPS) is 13.6. The number of hydrogen-bond donors (Lipinski definition) is 1. The van der Waals surface area contributed by atoms with Crippen molar-refractivity contribution in [1.82, 2.24) is 0 Å². The van der Waals surface area contributed by atoms with Gasteiger partial charge in [0, 0.05) is 25.9 Å². The van der Waals surface area contributed by atoms with Gasteiger partial charge in [-0.2, -0.15) is 0 Å². The molecular formula is C12H25O5Si. The molecule has 0 saturated heterocycles. The first-order valence-corrected chi connectivity index (χ1v) is 8.42. The minimum atomic E-state index is -2.62. The summed E-state index contributed by atoms with van der Waals surface area (Å²) in [6, 6.07) is 0.641. The number of carbonyl (C=O) groups is 1. The van der Waals surface area contributed by atoms with Crippen LogP contribution in [-0.4, -0.2) is 39.7 Å². The minimum absolute atomic E-state index is 0.511. The van der Waals surface area contributed by atoms with E-state index in [1.165, 1.54) is 0 Å². The highest BCUT2D eigenvalue weighted by Gasteiger charge is 2.39. The van der Waals surface area contributed by atoms with E-state index in [0.717, 1.165) is 0 Å². The monoisotopic (exact) mass is 277 g/mol. The van der Waals surface area contributed by atoms with E-state index in [2.05, 4.69) is 6.92 Å². The first kappa shape index (κ1) is 17.6. The first-order chi connectivity index (χ1) is 8.51. The average molecular weight is 277 g/mol. The van der Waals surface area contributed by atoms with Gasteiger partial charge in [-0.3, -0.25) is 4.79 Å². The van der Waals surface area contributed by atoms with Crippen molar-refractivity contribution in [2.75, 3.05) is 19.8 Å². The van der Waals surface area contributed by atoms with E-state index in [9.17, 15) is 4.79 Å². The van der Waals surface area contributed by atoms with Crippen molar-refractivity contribution >= 4 is 14.8 Å². The van der Waals surface area contributed by atoms with Gasteiger partial charge >= 0.3 is 14.8 Å². The van der Waals surface area contributed by atoms with Crippen molar-refractivity contribution in [3.8, 4) is 0 Å². The third-order valence-electron chi connectivity index (χ3n) is 2.48. The smallest absolute Gasteiger partial charge is 0.481 e. The summed E-state index contributed by atoms with van der Waals surface area (Å²) in [4.78, 5) is 10.7. The Morgan fingerprint density at radius 1 is 1.17 bits per heavy atom.